The predicted molar refractivity (Wildman–Crippen MR) is 84.5 cm³/mol. The van der Waals surface area contributed by atoms with E-state index in [4.69, 9.17) is 4.98 Å². The molecular weight excluding hydrogens is 260 g/mol. The molecule has 1 aromatic heterocycles. The zero-order valence-electron chi connectivity index (χ0n) is 13.3. The largest absolute Gasteiger partial charge is 0.327 e. The van der Waals surface area contributed by atoms with Crippen LogP contribution in [0.25, 0.3) is 0 Å². The van der Waals surface area contributed by atoms with Crippen molar-refractivity contribution in [3.8, 4) is 0 Å². The Morgan fingerprint density at radius 2 is 2.14 bits per heavy atom. The molecule has 0 aliphatic carbocycles. The Bertz CT molecular complexity index is 507. The molecule has 0 spiro atoms. The molecule has 2 unspecified atom stereocenters. The van der Waals surface area contributed by atoms with Crippen molar-refractivity contribution in [2.75, 3.05) is 19.6 Å². The van der Waals surface area contributed by atoms with Crippen LogP contribution in [0, 0.1) is 0 Å². The number of piperidine rings is 1. The molecule has 2 saturated heterocycles. The number of rotatable bonds is 3. The predicted octanol–water partition coefficient (Wildman–Crippen LogP) is 2.28. The van der Waals surface area contributed by atoms with Gasteiger partial charge in [-0.1, -0.05) is 13.3 Å². The van der Waals surface area contributed by atoms with E-state index in [0.29, 0.717) is 6.04 Å². The molecule has 4 heteroatoms. The van der Waals surface area contributed by atoms with Gasteiger partial charge >= 0.3 is 0 Å². The minimum Gasteiger partial charge on any atom is -0.327 e. The maximum Gasteiger partial charge on any atom is 0.109 e. The van der Waals surface area contributed by atoms with Crippen LogP contribution in [0.3, 0.4) is 0 Å². The molecular formula is C17H28N4. The molecule has 0 saturated carbocycles. The lowest BCUT2D eigenvalue weighted by Crippen LogP contribution is -2.38. The van der Waals surface area contributed by atoms with Crippen molar-refractivity contribution in [2.45, 2.75) is 70.5 Å². The van der Waals surface area contributed by atoms with Gasteiger partial charge in [0.25, 0.3) is 0 Å². The molecule has 1 aromatic rings. The van der Waals surface area contributed by atoms with Crippen LogP contribution < -0.4 is 5.32 Å². The zero-order valence-corrected chi connectivity index (χ0v) is 13.3. The lowest BCUT2D eigenvalue weighted by molar-refractivity contribution is 0.171. The number of hydrogen-bond acceptors (Lipinski definition) is 3. The number of fused-ring (bicyclic) bond motifs is 2. The van der Waals surface area contributed by atoms with Crippen molar-refractivity contribution in [3.05, 3.63) is 17.2 Å². The second-order valence-corrected chi connectivity index (χ2v) is 6.92. The summed E-state index contributed by atoms with van der Waals surface area (Å²) in [5, 5.41) is 3.48. The second kappa shape index (κ2) is 5.73. The quantitative estimate of drug-likeness (QED) is 0.926. The summed E-state index contributed by atoms with van der Waals surface area (Å²) in [4.78, 5) is 7.75. The van der Waals surface area contributed by atoms with Gasteiger partial charge in [0, 0.05) is 44.2 Å². The minimum atomic E-state index is 0.696. The van der Waals surface area contributed by atoms with Gasteiger partial charge in [-0.3, -0.25) is 4.90 Å². The molecule has 3 aliphatic rings. The first kappa shape index (κ1) is 13.8. The van der Waals surface area contributed by atoms with Gasteiger partial charge < -0.3 is 9.88 Å². The highest BCUT2D eigenvalue weighted by Gasteiger charge is 2.38. The molecule has 0 radical (unpaired) electrons. The summed E-state index contributed by atoms with van der Waals surface area (Å²) in [6.45, 7) is 6.98. The van der Waals surface area contributed by atoms with Gasteiger partial charge in [-0.05, 0) is 32.2 Å². The third-order valence-corrected chi connectivity index (χ3v) is 5.62. The summed E-state index contributed by atoms with van der Waals surface area (Å²) in [7, 11) is 0. The first-order valence-corrected chi connectivity index (χ1v) is 8.92. The summed E-state index contributed by atoms with van der Waals surface area (Å²) < 4.78 is 2.69. The van der Waals surface area contributed by atoms with Crippen LogP contribution in [0.5, 0.6) is 0 Å². The summed E-state index contributed by atoms with van der Waals surface area (Å²) in [6.07, 6.45) is 9.03. The highest BCUT2D eigenvalue weighted by molar-refractivity contribution is 5.22. The van der Waals surface area contributed by atoms with Crippen LogP contribution in [0.1, 0.15) is 62.3 Å². The Balaban J connectivity index is 1.71. The molecule has 0 aromatic carbocycles. The summed E-state index contributed by atoms with van der Waals surface area (Å²) in [5.41, 5.74) is 2.88. The van der Waals surface area contributed by atoms with Crippen molar-refractivity contribution in [2.24, 2.45) is 0 Å². The summed E-state index contributed by atoms with van der Waals surface area (Å²) in [5.74, 6) is 1.36. The van der Waals surface area contributed by atoms with Crippen molar-refractivity contribution in [1.82, 2.24) is 19.8 Å². The van der Waals surface area contributed by atoms with Crippen LogP contribution in [0.2, 0.25) is 0 Å². The third-order valence-electron chi connectivity index (χ3n) is 5.62. The number of hydrogen-bond donors (Lipinski definition) is 1. The SMILES string of the molecule is CCCc1nc2c(n1C1CCN3CCCCC13)CCNC2. The van der Waals surface area contributed by atoms with Crippen molar-refractivity contribution in [3.63, 3.8) is 0 Å². The Morgan fingerprint density at radius 1 is 1.19 bits per heavy atom. The molecule has 2 atom stereocenters. The lowest BCUT2D eigenvalue weighted by atomic mass is 9.98. The first-order valence-electron chi connectivity index (χ1n) is 8.92. The molecule has 4 rings (SSSR count). The number of aromatic nitrogens is 2. The molecule has 0 amide bonds. The van der Waals surface area contributed by atoms with E-state index in [1.807, 2.05) is 0 Å². The highest BCUT2D eigenvalue weighted by atomic mass is 15.3. The van der Waals surface area contributed by atoms with Crippen LogP contribution in [-0.4, -0.2) is 40.1 Å². The number of nitrogens with zero attached hydrogens (tertiary/aromatic N) is 3. The molecule has 116 valence electrons. The standard InChI is InChI=1S/C17H28N4/c1-2-5-17-19-13-12-18-9-7-14(13)21(17)16-8-11-20-10-4-3-6-15(16)20/h15-16,18H,2-12H2,1H3. The van der Waals surface area contributed by atoms with Gasteiger partial charge in [-0.2, -0.15) is 0 Å². The van der Waals surface area contributed by atoms with Crippen LogP contribution in [0.15, 0.2) is 0 Å². The van der Waals surface area contributed by atoms with Gasteiger partial charge in [-0.15, -0.1) is 0 Å². The van der Waals surface area contributed by atoms with Crippen LogP contribution in [-0.2, 0) is 19.4 Å². The fourth-order valence-corrected chi connectivity index (χ4v) is 4.70. The van der Waals surface area contributed by atoms with Gasteiger partial charge in [-0.25, -0.2) is 4.98 Å². The summed E-state index contributed by atoms with van der Waals surface area (Å²) >= 11 is 0. The molecule has 0 bridgehead atoms. The van der Waals surface area contributed by atoms with Crippen molar-refractivity contribution in [1.29, 1.82) is 0 Å². The topological polar surface area (TPSA) is 33.1 Å². The average Bonchev–Trinajstić information content (AvgIpc) is 3.08. The van der Waals surface area contributed by atoms with Gasteiger partial charge in [0.05, 0.1) is 11.7 Å². The second-order valence-electron chi connectivity index (χ2n) is 6.92. The molecule has 4 nitrogen and oxygen atoms in total. The Kier molecular flexibility index (Phi) is 3.76. The lowest BCUT2D eigenvalue weighted by Gasteiger charge is -2.34. The van der Waals surface area contributed by atoms with Gasteiger partial charge in [0.2, 0.25) is 0 Å². The van der Waals surface area contributed by atoms with Crippen molar-refractivity contribution < 1.29 is 0 Å². The van der Waals surface area contributed by atoms with Crippen molar-refractivity contribution >= 4 is 0 Å². The van der Waals surface area contributed by atoms with Gasteiger partial charge in [0.15, 0.2) is 0 Å². The summed E-state index contributed by atoms with van der Waals surface area (Å²) in [6, 6.07) is 1.48. The van der Waals surface area contributed by atoms with E-state index in [-0.39, 0.29) is 0 Å². The third kappa shape index (κ3) is 2.33. The molecule has 4 heterocycles. The molecule has 3 aliphatic heterocycles. The van der Waals surface area contributed by atoms with E-state index >= 15 is 0 Å². The maximum absolute atomic E-state index is 5.00. The highest BCUT2D eigenvalue weighted by Crippen LogP contribution is 2.37. The van der Waals surface area contributed by atoms with E-state index < -0.39 is 0 Å². The maximum atomic E-state index is 5.00. The Morgan fingerprint density at radius 3 is 3.05 bits per heavy atom. The Hall–Kier alpha value is -0.870. The molecule has 1 N–H and O–H groups in total. The minimum absolute atomic E-state index is 0.696. The first-order chi connectivity index (χ1) is 10.4. The fraction of sp³-hybridized carbons (Fsp3) is 0.824. The monoisotopic (exact) mass is 288 g/mol. The van der Waals surface area contributed by atoms with E-state index in [0.717, 1.165) is 32.0 Å². The zero-order chi connectivity index (χ0) is 14.2. The van der Waals surface area contributed by atoms with Crippen LogP contribution >= 0.6 is 0 Å². The number of nitrogens with one attached hydrogen (secondary N) is 1. The normalized spacial score (nSPS) is 29.4. The van der Waals surface area contributed by atoms with Crippen LogP contribution in [0.4, 0.5) is 0 Å². The molecule has 21 heavy (non-hydrogen) atoms. The van der Waals surface area contributed by atoms with E-state index in [1.54, 1.807) is 5.69 Å². The van der Waals surface area contributed by atoms with E-state index in [9.17, 15) is 0 Å². The van der Waals surface area contributed by atoms with E-state index in [2.05, 4.69) is 21.7 Å². The number of aryl methyl sites for hydroxylation is 1. The smallest absolute Gasteiger partial charge is 0.109 e. The molecule has 2 fully saturated rings. The van der Waals surface area contributed by atoms with Gasteiger partial charge in [0.1, 0.15) is 5.82 Å². The average molecular weight is 288 g/mol. The Labute approximate surface area is 127 Å². The number of imidazole rings is 1. The van der Waals surface area contributed by atoms with E-state index in [1.165, 1.54) is 56.7 Å². The fourth-order valence-electron chi connectivity index (χ4n) is 4.70.